The van der Waals surface area contributed by atoms with Crippen LogP contribution in [-0.2, 0) is 9.67 Å². The molecule has 4 rings (SSSR count). The number of hydrogen-bond acceptors (Lipinski definition) is 6. The smallest absolute Gasteiger partial charge is 0.406 e. The van der Waals surface area contributed by atoms with E-state index in [4.69, 9.17) is 10.5 Å². The van der Waals surface area contributed by atoms with Crippen LogP contribution in [0, 0.1) is 0 Å². The van der Waals surface area contributed by atoms with Crippen LogP contribution in [0.1, 0.15) is 33.2 Å². The number of amides is 1. The summed E-state index contributed by atoms with van der Waals surface area (Å²) in [6, 6.07) is 19.1. The molecule has 3 N–H and O–H groups in total. The summed E-state index contributed by atoms with van der Waals surface area (Å²) in [6.07, 6.45) is 0.308. The third-order valence-electron chi connectivity index (χ3n) is 5.28. The first-order chi connectivity index (χ1) is 15.4. The molecular formula is C25H19NO5S. The van der Waals surface area contributed by atoms with Crippen molar-refractivity contribution in [2.45, 2.75) is 16.8 Å². The van der Waals surface area contributed by atoms with Gasteiger partial charge in [0, 0.05) is 27.0 Å². The van der Waals surface area contributed by atoms with E-state index in [0.717, 1.165) is 5.39 Å². The van der Waals surface area contributed by atoms with Crippen molar-refractivity contribution >= 4 is 52.0 Å². The number of ether oxygens (including phenoxy) is 1. The van der Waals surface area contributed by atoms with Crippen LogP contribution in [0.15, 0.2) is 71.6 Å². The highest BCUT2D eigenvalue weighted by molar-refractivity contribution is 8.00. The summed E-state index contributed by atoms with van der Waals surface area (Å²) in [5.41, 5.74) is 6.43. The molecule has 1 unspecified atom stereocenters. The molecule has 0 fully saturated rings. The summed E-state index contributed by atoms with van der Waals surface area (Å²) in [4.78, 5) is 35.0. The van der Waals surface area contributed by atoms with E-state index >= 15 is 0 Å². The van der Waals surface area contributed by atoms with Crippen molar-refractivity contribution in [3.63, 3.8) is 0 Å². The highest BCUT2D eigenvalue weighted by Crippen LogP contribution is 2.48. The summed E-state index contributed by atoms with van der Waals surface area (Å²) in [7, 11) is 0. The van der Waals surface area contributed by atoms with E-state index in [-0.39, 0.29) is 11.3 Å². The Morgan fingerprint density at radius 1 is 0.906 bits per heavy atom. The fraction of sp³-hybridized carbons (Fsp3) is 0.0800. The summed E-state index contributed by atoms with van der Waals surface area (Å²) >= 11 is 1.19. The predicted molar refractivity (Wildman–Crippen MR) is 124 cm³/mol. The SMILES string of the molecule is CC(OC(N)=O)(Sc1ccc(O)c2ccccc12)c1c(C=O)cc(C=O)c2ccccc12. The number of hydrogen-bond donors (Lipinski definition) is 2. The number of rotatable bonds is 6. The van der Waals surface area contributed by atoms with Gasteiger partial charge in [-0.3, -0.25) is 9.59 Å². The first kappa shape index (κ1) is 21.4. The number of carbonyl (C=O) groups excluding carboxylic acids is 3. The molecule has 0 aliphatic rings. The highest BCUT2D eigenvalue weighted by atomic mass is 32.2. The third-order valence-corrected chi connectivity index (χ3v) is 6.53. The lowest BCUT2D eigenvalue weighted by molar-refractivity contribution is 0.0936. The largest absolute Gasteiger partial charge is 0.507 e. The van der Waals surface area contributed by atoms with Crippen molar-refractivity contribution in [2.75, 3.05) is 0 Å². The number of phenols is 1. The maximum absolute atomic E-state index is 12.1. The minimum absolute atomic E-state index is 0.122. The molecule has 4 aromatic carbocycles. The minimum atomic E-state index is -1.41. The topological polar surface area (TPSA) is 107 Å². The molecule has 0 saturated heterocycles. The lowest BCUT2D eigenvalue weighted by atomic mass is 9.92. The number of aromatic hydroxyl groups is 1. The third kappa shape index (κ3) is 3.67. The van der Waals surface area contributed by atoms with Crippen LogP contribution in [0.4, 0.5) is 4.79 Å². The molecule has 0 aliphatic heterocycles. The fourth-order valence-corrected chi connectivity index (χ4v) is 5.29. The van der Waals surface area contributed by atoms with Crippen LogP contribution in [0.2, 0.25) is 0 Å². The Morgan fingerprint density at radius 2 is 1.50 bits per heavy atom. The zero-order valence-corrected chi connectivity index (χ0v) is 17.9. The molecule has 6 nitrogen and oxygen atoms in total. The Labute approximate surface area is 188 Å². The molecule has 0 spiro atoms. The van der Waals surface area contributed by atoms with Crippen molar-refractivity contribution in [2.24, 2.45) is 5.73 Å². The molecule has 1 atom stereocenters. The van der Waals surface area contributed by atoms with Gasteiger partial charge in [-0.15, -0.1) is 0 Å². The van der Waals surface area contributed by atoms with Gasteiger partial charge in [0.25, 0.3) is 0 Å². The predicted octanol–water partition coefficient (Wildman–Crippen LogP) is 5.38. The normalized spacial score (nSPS) is 12.9. The summed E-state index contributed by atoms with van der Waals surface area (Å²) in [6.45, 7) is 1.65. The number of benzene rings is 4. The molecule has 4 aromatic rings. The molecule has 0 aliphatic carbocycles. The summed E-state index contributed by atoms with van der Waals surface area (Å²) in [5.74, 6) is 0.122. The zero-order valence-electron chi connectivity index (χ0n) is 17.1. The second kappa shape index (κ2) is 8.36. The Bertz CT molecular complexity index is 1380. The van der Waals surface area contributed by atoms with E-state index in [1.165, 1.54) is 17.8 Å². The Morgan fingerprint density at radius 3 is 2.12 bits per heavy atom. The lowest BCUT2D eigenvalue weighted by Gasteiger charge is -2.31. The van der Waals surface area contributed by atoms with E-state index in [1.54, 1.807) is 49.4 Å². The van der Waals surface area contributed by atoms with Crippen molar-refractivity contribution in [3.8, 4) is 5.75 Å². The molecule has 1 amide bonds. The first-order valence-electron chi connectivity index (χ1n) is 9.72. The van der Waals surface area contributed by atoms with Gasteiger partial charge < -0.3 is 15.6 Å². The van der Waals surface area contributed by atoms with Crippen LogP contribution >= 0.6 is 11.8 Å². The van der Waals surface area contributed by atoms with Gasteiger partial charge in [-0.1, -0.05) is 60.3 Å². The maximum Gasteiger partial charge on any atom is 0.406 e. The number of aldehydes is 2. The zero-order chi connectivity index (χ0) is 22.9. The van der Waals surface area contributed by atoms with E-state index in [2.05, 4.69) is 0 Å². The van der Waals surface area contributed by atoms with Crippen LogP contribution in [-0.4, -0.2) is 23.8 Å². The molecule has 160 valence electrons. The standard InChI is InChI=1S/C25H19NO5S/c1-25(31-24(26)30,32-22-11-10-21(29)18-7-3-4-8-19(18)22)23-16(14-28)12-15(13-27)17-6-2-5-9-20(17)23/h2-14,29H,1H3,(H2,26,30). The van der Waals surface area contributed by atoms with Gasteiger partial charge >= 0.3 is 6.09 Å². The molecule has 7 heteroatoms. The van der Waals surface area contributed by atoms with Crippen LogP contribution < -0.4 is 5.73 Å². The summed E-state index contributed by atoms with van der Waals surface area (Å²) < 4.78 is 5.62. The minimum Gasteiger partial charge on any atom is -0.507 e. The average Bonchev–Trinajstić information content (AvgIpc) is 2.79. The van der Waals surface area contributed by atoms with Gasteiger partial charge in [0.15, 0.2) is 17.5 Å². The molecule has 0 bridgehead atoms. The molecular weight excluding hydrogens is 426 g/mol. The highest BCUT2D eigenvalue weighted by Gasteiger charge is 2.37. The summed E-state index contributed by atoms with van der Waals surface area (Å²) in [5, 5.41) is 12.8. The van der Waals surface area contributed by atoms with E-state index in [1.807, 2.05) is 18.2 Å². The van der Waals surface area contributed by atoms with Crippen molar-refractivity contribution < 1.29 is 24.2 Å². The molecule has 0 aromatic heterocycles. The number of primary amides is 1. The van der Waals surface area contributed by atoms with Gasteiger partial charge in [-0.05, 0) is 41.3 Å². The molecule has 0 saturated carbocycles. The van der Waals surface area contributed by atoms with Crippen molar-refractivity contribution in [1.82, 2.24) is 0 Å². The number of phenolic OH excluding ortho intramolecular Hbond substituents is 1. The maximum atomic E-state index is 12.1. The fourth-order valence-electron chi connectivity index (χ4n) is 3.99. The van der Waals surface area contributed by atoms with Gasteiger partial charge in [0.05, 0.1) is 0 Å². The van der Waals surface area contributed by atoms with Gasteiger partial charge in [-0.2, -0.15) is 0 Å². The monoisotopic (exact) mass is 445 g/mol. The quantitative estimate of drug-likeness (QED) is 0.234. The Hall–Kier alpha value is -3.84. The van der Waals surface area contributed by atoms with Gasteiger partial charge in [0.1, 0.15) is 5.75 Å². The number of fused-ring (bicyclic) bond motifs is 2. The Kier molecular flexibility index (Phi) is 5.59. The van der Waals surface area contributed by atoms with Gasteiger partial charge in [0.2, 0.25) is 0 Å². The van der Waals surface area contributed by atoms with Crippen LogP contribution in [0.3, 0.4) is 0 Å². The number of thioether (sulfide) groups is 1. The van der Waals surface area contributed by atoms with E-state index < -0.39 is 11.0 Å². The number of nitrogens with two attached hydrogens (primary N) is 1. The van der Waals surface area contributed by atoms with Gasteiger partial charge in [-0.25, -0.2) is 4.79 Å². The second-order valence-corrected chi connectivity index (χ2v) is 8.73. The molecule has 32 heavy (non-hydrogen) atoms. The van der Waals surface area contributed by atoms with Crippen molar-refractivity contribution in [1.29, 1.82) is 0 Å². The average molecular weight is 445 g/mol. The van der Waals surface area contributed by atoms with E-state index in [0.29, 0.717) is 44.8 Å². The second-order valence-electron chi connectivity index (χ2n) is 7.31. The molecule has 0 heterocycles. The number of carbonyl (C=O) groups is 3. The van der Waals surface area contributed by atoms with Crippen LogP contribution in [0.25, 0.3) is 21.5 Å². The Balaban J connectivity index is 2.01. The van der Waals surface area contributed by atoms with E-state index in [9.17, 15) is 19.5 Å². The lowest BCUT2D eigenvalue weighted by Crippen LogP contribution is -2.30. The van der Waals surface area contributed by atoms with Crippen molar-refractivity contribution in [3.05, 3.63) is 83.4 Å². The first-order valence-corrected chi connectivity index (χ1v) is 10.5. The van der Waals surface area contributed by atoms with Crippen LogP contribution in [0.5, 0.6) is 5.75 Å². The molecule has 0 radical (unpaired) electrons.